The van der Waals surface area contributed by atoms with Crippen molar-refractivity contribution >= 4 is 12.1 Å². The summed E-state index contributed by atoms with van der Waals surface area (Å²) in [7, 11) is 0. The molecule has 0 spiro atoms. The second-order valence-electron chi connectivity index (χ2n) is 7.01. The van der Waals surface area contributed by atoms with E-state index in [4.69, 9.17) is 15.6 Å². The number of carbonyl (C=O) groups is 2. The van der Waals surface area contributed by atoms with Crippen molar-refractivity contribution in [1.82, 2.24) is 5.32 Å². The summed E-state index contributed by atoms with van der Waals surface area (Å²) in [6.45, 7) is 12.6. The lowest BCUT2D eigenvalue weighted by Crippen LogP contribution is -2.58. The molecule has 20 heavy (non-hydrogen) atoms. The molecule has 4 N–H and O–H groups in total. The number of nitrogens with one attached hydrogen (secondary N) is 1. The molecule has 0 bridgehead atoms. The van der Waals surface area contributed by atoms with Crippen molar-refractivity contribution in [2.75, 3.05) is 0 Å². The van der Waals surface area contributed by atoms with Gasteiger partial charge in [-0.2, -0.15) is 0 Å². The molecule has 0 aliphatic heterocycles. The van der Waals surface area contributed by atoms with E-state index in [0.717, 1.165) is 0 Å². The van der Waals surface area contributed by atoms with Gasteiger partial charge in [-0.1, -0.05) is 27.7 Å². The van der Waals surface area contributed by atoms with Gasteiger partial charge in [-0.3, -0.25) is 4.79 Å². The zero-order valence-electron chi connectivity index (χ0n) is 13.5. The Hall–Kier alpha value is -1.30. The van der Waals surface area contributed by atoms with Gasteiger partial charge in [0.1, 0.15) is 11.6 Å². The molecule has 0 rings (SSSR count). The zero-order valence-corrected chi connectivity index (χ0v) is 13.5. The number of hydrogen-bond acceptors (Lipinski definition) is 4. The Morgan fingerprint density at radius 3 is 1.90 bits per heavy atom. The van der Waals surface area contributed by atoms with Crippen molar-refractivity contribution in [3.8, 4) is 0 Å². The molecule has 2 unspecified atom stereocenters. The highest BCUT2D eigenvalue weighted by Gasteiger charge is 2.42. The molecule has 0 saturated heterocycles. The van der Waals surface area contributed by atoms with Crippen molar-refractivity contribution in [1.29, 1.82) is 0 Å². The predicted octanol–water partition coefficient (Wildman–Crippen LogP) is 1.97. The molecule has 0 heterocycles. The smallest absolute Gasteiger partial charge is 0.407 e. The van der Waals surface area contributed by atoms with Gasteiger partial charge in [0.05, 0.1) is 0 Å². The minimum atomic E-state index is -1.09. The van der Waals surface area contributed by atoms with Crippen LogP contribution in [0.2, 0.25) is 0 Å². The van der Waals surface area contributed by atoms with E-state index in [0.29, 0.717) is 0 Å². The quantitative estimate of drug-likeness (QED) is 0.718. The first-order chi connectivity index (χ1) is 8.79. The van der Waals surface area contributed by atoms with Gasteiger partial charge in [-0.05, 0) is 26.7 Å². The Balaban J connectivity index is 5.08. The highest BCUT2D eigenvalue weighted by atomic mass is 16.6. The van der Waals surface area contributed by atoms with Gasteiger partial charge in [-0.25, -0.2) is 4.79 Å². The van der Waals surface area contributed by atoms with Gasteiger partial charge in [-0.15, -0.1) is 0 Å². The summed E-state index contributed by atoms with van der Waals surface area (Å²) >= 11 is 0. The molecule has 6 heteroatoms. The molecule has 0 radical (unpaired) electrons. The highest BCUT2D eigenvalue weighted by molar-refractivity contribution is 5.75. The highest BCUT2D eigenvalue weighted by Crippen LogP contribution is 2.29. The first kappa shape index (κ1) is 18.7. The fraction of sp³-hybridized carbons (Fsp3) is 0.857. The minimum Gasteiger partial charge on any atom is -0.480 e. The molecule has 0 aromatic rings. The fourth-order valence-corrected chi connectivity index (χ4v) is 2.16. The minimum absolute atomic E-state index is 0.0166. The van der Waals surface area contributed by atoms with Gasteiger partial charge in [0.15, 0.2) is 0 Å². The second-order valence-corrected chi connectivity index (χ2v) is 7.01. The maximum atomic E-state index is 11.9. The maximum absolute atomic E-state index is 11.9. The van der Waals surface area contributed by atoms with Gasteiger partial charge in [0.2, 0.25) is 0 Å². The second kappa shape index (κ2) is 6.43. The molecule has 0 fully saturated rings. The number of carboxylic acids is 1. The average molecular weight is 288 g/mol. The number of carbonyl (C=O) groups excluding carboxylic acids is 1. The van der Waals surface area contributed by atoms with Crippen LogP contribution in [0.15, 0.2) is 0 Å². The van der Waals surface area contributed by atoms with Crippen molar-refractivity contribution in [2.24, 2.45) is 17.1 Å². The summed E-state index contributed by atoms with van der Waals surface area (Å²) in [6, 6.07) is -1.49. The van der Waals surface area contributed by atoms with E-state index < -0.39 is 35.2 Å². The summed E-state index contributed by atoms with van der Waals surface area (Å²) in [6.07, 6.45) is -0.568. The summed E-state index contributed by atoms with van der Waals surface area (Å²) < 4.78 is 5.22. The molecule has 0 aromatic carbocycles. The van der Waals surface area contributed by atoms with Crippen LogP contribution in [0, 0.1) is 11.3 Å². The Labute approximate surface area is 121 Å². The number of amides is 1. The van der Waals surface area contributed by atoms with Crippen molar-refractivity contribution in [3.05, 3.63) is 0 Å². The van der Waals surface area contributed by atoms with Crippen LogP contribution in [0.25, 0.3) is 0 Å². The van der Waals surface area contributed by atoms with E-state index in [1.165, 1.54) is 0 Å². The number of ether oxygens (including phenoxy) is 1. The van der Waals surface area contributed by atoms with Crippen LogP contribution in [-0.4, -0.2) is 34.9 Å². The predicted molar refractivity (Wildman–Crippen MR) is 77.4 cm³/mol. The Kier molecular flexibility index (Phi) is 6.02. The van der Waals surface area contributed by atoms with Crippen LogP contribution in [0.5, 0.6) is 0 Å². The SMILES string of the molecule is CC(C)C(NC(=O)OC(C)(C)C)C(C)(C)C(N)C(=O)O. The molecule has 0 aliphatic carbocycles. The molecule has 0 aromatic heterocycles. The van der Waals surface area contributed by atoms with Crippen molar-refractivity contribution < 1.29 is 19.4 Å². The van der Waals surface area contributed by atoms with Gasteiger partial charge in [0, 0.05) is 11.5 Å². The van der Waals surface area contributed by atoms with E-state index in [2.05, 4.69) is 5.32 Å². The van der Waals surface area contributed by atoms with E-state index >= 15 is 0 Å². The molecule has 1 amide bonds. The third-order valence-electron chi connectivity index (χ3n) is 3.21. The van der Waals surface area contributed by atoms with E-state index in [1.54, 1.807) is 34.6 Å². The lowest BCUT2D eigenvalue weighted by atomic mass is 9.73. The monoisotopic (exact) mass is 288 g/mol. The topological polar surface area (TPSA) is 102 Å². The molecular weight excluding hydrogens is 260 g/mol. The summed E-state index contributed by atoms with van der Waals surface area (Å²) in [4.78, 5) is 23.0. The van der Waals surface area contributed by atoms with Crippen LogP contribution < -0.4 is 11.1 Å². The summed E-state index contributed by atoms with van der Waals surface area (Å²) in [5.74, 6) is -1.07. The zero-order chi connectivity index (χ0) is 16.3. The van der Waals surface area contributed by atoms with Gasteiger partial charge in [0.25, 0.3) is 0 Å². The lowest BCUT2D eigenvalue weighted by molar-refractivity contribution is -0.142. The number of nitrogens with two attached hydrogens (primary N) is 1. The van der Waals surface area contributed by atoms with Crippen molar-refractivity contribution in [3.63, 3.8) is 0 Å². The number of alkyl carbamates (subject to hydrolysis) is 1. The molecule has 2 atom stereocenters. The third-order valence-corrected chi connectivity index (χ3v) is 3.21. The lowest BCUT2D eigenvalue weighted by Gasteiger charge is -2.40. The summed E-state index contributed by atoms with van der Waals surface area (Å²) in [5, 5.41) is 11.8. The van der Waals surface area contributed by atoms with Crippen LogP contribution in [-0.2, 0) is 9.53 Å². The number of aliphatic carboxylic acids is 1. The fourth-order valence-electron chi connectivity index (χ4n) is 2.16. The van der Waals surface area contributed by atoms with Crippen molar-refractivity contribution in [2.45, 2.75) is 66.2 Å². The number of rotatable bonds is 5. The van der Waals surface area contributed by atoms with E-state index in [1.807, 2.05) is 13.8 Å². The van der Waals surface area contributed by atoms with Gasteiger partial charge < -0.3 is 20.9 Å². The first-order valence-corrected chi connectivity index (χ1v) is 6.77. The summed E-state index contributed by atoms with van der Waals surface area (Å²) in [5.41, 5.74) is 4.33. The largest absolute Gasteiger partial charge is 0.480 e. The normalized spacial score (nSPS) is 15.7. The number of hydrogen-bond donors (Lipinski definition) is 3. The molecule has 118 valence electrons. The molecule has 6 nitrogen and oxygen atoms in total. The molecular formula is C14H28N2O4. The molecule has 0 aliphatic rings. The average Bonchev–Trinajstić information content (AvgIpc) is 2.21. The van der Waals surface area contributed by atoms with Crippen LogP contribution in [0.4, 0.5) is 4.79 Å². The molecule has 0 saturated carbocycles. The van der Waals surface area contributed by atoms with Crippen LogP contribution in [0.3, 0.4) is 0 Å². The standard InChI is InChI=1S/C14H28N2O4/c1-8(2)10(14(6,7)9(15)11(17)18)16-12(19)20-13(3,4)5/h8-10H,15H2,1-7H3,(H,16,19)(H,17,18). The number of carboxylic acid groups (broad SMARTS) is 1. The van der Waals surface area contributed by atoms with Crippen LogP contribution in [0.1, 0.15) is 48.5 Å². The van der Waals surface area contributed by atoms with E-state index in [9.17, 15) is 9.59 Å². The van der Waals surface area contributed by atoms with E-state index in [-0.39, 0.29) is 5.92 Å². The Bertz CT molecular complexity index is 359. The first-order valence-electron chi connectivity index (χ1n) is 6.77. The maximum Gasteiger partial charge on any atom is 0.407 e. The van der Waals surface area contributed by atoms with Crippen LogP contribution >= 0.6 is 0 Å². The van der Waals surface area contributed by atoms with Gasteiger partial charge >= 0.3 is 12.1 Å². The Morgan fingerprint density at radius 1 is 1.15 bits per heavy atom. The Morgan fingerprint density at radius 2 is 1.60 bits per heavy atom. The third kappa shape index (κ3) is 5.36.